The molecule has 1 saturated heterocycles. The van der Waals surface area contributed by atoms with Gasteiger partial charge in [-0.1, -0.05) is 18.2 Å². The molecule has 0 atom stereocenters. The van der Waals surface area contributed by atoms with Gasteiger partial charge in [0, 0.05) is 13.1 Å². The van der Waals surface area contributed by atoms with Crippen molar-refractivity contribution in [1.29, 1.82) is 0 Å². The summed E-state index contributed by atoms with van der Waals surface area (Å²) in [6.45, 7) is 5.51. The third-order valence-electron chi connectivity index (χ3n) is 2.00. The highest BCUT2D eigenvalue weighted by atomic mass is 35.5. The molecule has 13 heavy (non-hydrogen) atoms. The summed E-state index contributed by atoms with van der Waals surface area (Å²) in [6.07, 6.45) is 0. The predicted octanol–water partition coefficient (Wildman–Crippen LogP) is 1.69. The van der Waals surface area contributed by atoms with Crippen molar-refractivity contribution < 1.29 is 0 Å². The lowest BCUT2D eigenvalue weighted by molar-refractivity contribution is 0.763. The highest BCUT2D eigenvalue weighted by Gasteiger charge is 2.21. The van der Waals surface area contributed by atoms with Gasteiger partial charge in [-0.15, -0.1) is 0 Å². The Morgan fingerprint density at radius 3 is 2.77 bits per heavy atom. The van der Waals surface area contributed by atoms with Crippen LogP contribution in [0.2, 0.25) is 5.15 Å². The van der Waals surface area contributed by atoms with Gasteiger partial charge in [0.1, 0.15) is 5.15 Å². The predicted molar refractivity (Wildman–Crippen MR) is 55.0 cm³/mol. The summed E-state index contributed by atoms with van der Waals surface area (Å²) < 4.78 is 0. The zero-order chi connectivity index (χ0) is 9.42. The van der Waals surface area contributed by atoms with Gasteiger partial charge in [0.25, 0.3) is 0 Å². The highest BCUT2D eigenvalue weighted by molar-refractivity contribution is 6.29. The lowest BCUT2D eigenvalue weighted by atomic mass is 10.1. The van der Waals surface area contributed by atoms with E-state index in [9.17, 15) is 0 Å². The molecule has 0 bridgehead atoms. The molecule has 0 aromatic carbocycles. The molecule has 2 rings (SSSR count). The van der Waals surface area contributed by atoms with Crippen molar-refractivity contribution in [3.05, 3.63) is 29.4 Å². The van der Waals surface area contributed by atoms with Crippen molar-refractivity contribution in [3.8, 4) is 0 Å². The first-order valence-electron chi connectivity index (χ1n) is 4.00. The molecule has 4 heteroatoms. The second kappa shape index (κ2) is 2.92. The van der Waals surface area contributed by atoms with E-state index in [0.717, 1.165) is 18.9 Å². The molecular weight excluding hydrogens is 186 g/mol. The Kier molecular flexibility index (Phi) is 1.88. The fourth-order valence-electron chi connectivity index (χ4n) is 1.33. The Balaban J connectivity index is 2.29. The van der Waals surface area contributed by atoms with Crippen LogP contribution in [-0.4, -0.2) is 18.1 Å². The van der Waals surface area contributed by atoms with E-state index >= 15 is 0 Å². The number of pyridine rings is 1. The minimum absolute atomic E-state index is 0.474. The van der Waals surface area contributed by atoms with Crippen molar-refractivity contribution in [2.24, 2.45) is 0 Å². The summed E-state index contributed by atoms with van der Waals surface area (Å²) in [5.41, 5.74) is 7.61. The lowest BCUT2D eigenvalue weighted by Crippen LogP contribution is -2.40. The Morgan fingerprint density at radius 1 is 1.46 bits per heavy atom. The van der Waals surface area contributed by atoms with Gasteiger partial charge in [0.05, 0.1) is 5.69 Å². The summed E-state index contributed by atoms with van der Waals surface area (Å²) >= 11 is 5.76. The number of nitrogens with zero attached hydrogens (tertiary/aromatic N) is 2. The Labute approximate surface area is 81.8 Å². The van der Waals surface area contributed by atoms with E-state index in [2.05, 4.69) is 11.6 Å². The van der Waals surface area contributed by atoms with E-state index in [1.807, 2.05) is 4.90 Å². The van der Waals surface area contributed by atoms with Gasteiger partial charge >= 0.3 is 0 Å². The maximum Gasteiger partial charge on any atom is 0.154 e. The smallest absolute Gasteiger partial charge is 0.154 e. The van der Waals surface area contributed by atoms with E-state index in [-0.39, 0.29) is 0 Å². The van der Waals surface area contributed by atoms with E-state index in [1.165, 1.54) is 5.57 Å². The molecule has 1 aromatic rings. The van der Waals surface area contributed by atoms with Crippen LogP contribution in [0.15, 0.2) is 24.3 Å². The number of hydrogen-bond acceptors (Lipinski definition) is 3. The number of hydrogen-bond donors (Lipinski definition) is 1. The first kappa shape index (κ1) is 8.38. The van der Waals surface area contributed by atoms with Crippen LogP contribution in [0, 0.1) is 0 Å². The largest absolute Gasteiger partial charge is 0.396 e. The normalized spacial score (nSPS) is 15.8. The van der Waals surface area contributed by atoms with Gasteiger partial charge in [0.2, 0.25) is 0 Å². The molecule has 0 unspecified atom stereocenters. The molecule has 68 valence electrons. The van der Waals surface area contributed by atoms with Gasteiger partial charge in [-0.25, -0.2) is 4.98 Å². The second-order valence-corrected chi connectivity index (χ2v) is 3.54. The van der Waals surface area contributed by atoms with Crippen molar-refractivity contribution in [3.63, 3.8) is 0 Å². The van der Waals surface area contributed by atoms with Crippen LogP contribution in [0.3, 0.4) is 0 Å². The molecule has 1 fully saturated rings. The monoisotopic (exact) mass is 195 g/mol. The average molecular weight is 196 g/mol. The minimum Gasteiger partial charge on any atom is -0.396 e. The van der Waals surface area contributed by atoms with Crippen LogP contribution in [0.4, 0.5) is 11.5 Å². The molecule has 1 aliphatic rings. The first-order valence-corrected chi connectivity index (χ1v) is 4.38. The minimum atomic E-state index is 0.474. The maximum absolute atomic E-state index is 5.76. The van der Waals surface area contributed by atoms with E-state index < -0.39 is 0 Å². The van der Waals surface area contributed by atoms with Crippen molar-refractivity contribution in [2.75, 3.05) is 23.7 Å². The van der Waals surface area contributed by atoms with Crippen molar-refractivity contribution in [2.45, 2.75) is 0 Å². The standard InChI is InChI=1S/C9H10ClN3/c1-6-4-13(5-6)9-7(11)2-3-8(10)12-9/h2-3H,1,4-5,11H2. The molecule has 0 amide bonds. The van der Waals surface area contributed by atoms with Gasteiger partial charge in [-0.05, 0) is 17.7 Å². The molecule has 0 radical (unpaired) electrons. The Morgan fingerprint density at radius 2 is 2.15 bits per heavy atom. The summed E-state index contributed by atoms with van der Waals surface area (Å²) in [7, 11) is 0. The highest BCUT2D eigenvalue weighted by Crippen LogP contribution is 2.27. The molecular formula is C9H10ClN3. The zero-order valence-corrected chi connectivity index (χ0v) is 7.88. The molecule has 1 aliphatic heterocycles. The van der Waals surface area contributed by atoms with Gasteiger partial charge < -0.3 is 10.6 Å². The zero-order valence-electron chi connectivity index (χ0n) is 7.13. The number of aromatic nitrogens is 1. The number of rotatable bonds is 1. The molecule has 0 spiro atoms. The van der Waals surface area contributed by atoms with Crippen molar-refractivity contribution >= 4 is 23.1 Å². The fourth-order valence-corrected chi connectivity index (χ4v) is 1.48. The van der Waals surface area contributed by atoms with Gasteiger partial charge in [-0.3, -0.25) is 0 Å². The molecule has 0 aliphatic carbocycles. The second-order valence-electron chi connectivity index (χ2n) is 3.15. The number of halogens is 1. The topological polar surface area (TPSA) is 42.2 Å². The number of nitrogens with two attached hydrogens (primary N) is 1. The van der Waals surface area contributed by atoms with Gasteiger partial charge in [-0.2, -0.15) is 0 Å². The van der Waals surface area contributed by atoms with Crippen LogP contribution in [-0.2, 0) is 0 Å². The summed E-state index contributed by atoms with van der Waals surface area (Å²) in [5, 5.41) is 0.474. The van der Waals surface area contributed by atoms with Gasteiger partial charge in [0.15, 0.2) is 5.82 Å². The maximum atomic E-state index is 5.76. The SMILES string of the molecule is C=C1CN(c2nc(Cl)ccc2N)C1. The molecule has 0 saturated carbocycles. The summed E-state index contributed by atoms with van der Waals surface area (Å²) in [5.74, 6) is 0.764. The van der Waals surface area contributed by atoms with Crippen LogP contribution >= 0.6 is 11.6 Å². The molecule has 2 N–H and O–H groups in total. The third-order valence-corrected chi connectivity index (χ3v) is 2.21. The van der Waals surface area contributed by atoms with E-state index in [4.69, 9.17) is 17.3 Å². The number of nitrogen functional groups attached to an aromatic ring is 1. The third kappa shape index (κ3) is 1.47. The Bertz CT molecular complexity index is 354. The van der Waals surface area contributed by atoms with Crippen LogP contribution in [0.25, 0.3) is 0 Å². The average Bonchev–Trinajstić information content (AvgIpc) is 2.04. The van der Waals surface area contributed by atoms with Crippen LogP contribution < -0.4 is 10.6 Å². The summed E-state index contributed by atoms with van der Waals surface area (Å²) in [6, 6.07) is 3.46. The quantitative estimate of drug-likeness (QED) is 0.548. The number of anilines is 2. The molecule has 3 nitrogen and oxygen atoms in total. The van der Waals surface area contributed by atoms with Crippen LogP contribution in [0.5, 0.6) is 0 Å². The summed E-state index contributed by atoms with van der Waals surface area (Å²) in [4.78, 5) is 6.20. The van der Waals surface area contributed by atoms with Crippen LogP contribution in [0.1, 0.15) is 0 Å². The molecule has 1 aromatic heterocycles. The fraction of sp³-hybridized carbons (Fsp3) is 0.222. The van der Waals surface area contributed by atoms with E-state index in [1.54, 1.807) is 12.1 Å². The Hall–Kier alpha value is -1.22. The van der Waals surface area contributed by atoms with E-state index in [0.29, 0.717) is 10.8 Å². The molecule has 2 heterocycles. The first-order chi connectivity index (χ1) is 6.16. The van der Waals surface area contributed by atoms with Crippen molar-refractivity contribution in [1.82, 2.24) is 4.98 Å². The lowest BCUT2D eigenvalue weighted by Gasteiger charge is -2.35.